The van der Waals surface area contributed by atoms with Crippen LogP contribution in [0.2, 0.25) is 0 Å². The van der Waals surface area contributed by atoms with E-state index in [1.165, 1.54) is 16.7 Å². The largest absolute Gasteiger partial charge is 0.428 e. The van der Waals surface area contributed by atoms with Crippen LogP contribution in [0, 0.1) is 0 Å². The number of hydrogen-bond acceptors (Lipinski definition) is 1. The van der Waals surface area contributed by atoms with Gasteiger partial charge in [-0.1, -0.05) is 66.7 Å². The van der Waals surface area contributed by atoms with Crippen LogP contribution < -0.4 is 0 Å². The zero-order valence-corrected chi connectivity index (χ0v) is 12.7. The zero-order chi connectivity index (χ0) is 12.6. The molecule has 0 radical (unpaired) electrons. The Morgan fingerprint density at radius 1 is 0.889 bits per heavy atom. The quantitative estimate of drug-likeness (QED) is 0.589. The van der Waals surface area contributed by atoms with Crippen LogP contribution in [-0.2, 0) is 4.43 Å². The lowest BCUT2D eigenvalue weighted by Gasteiger charge is -2.08. The average molecular weight is 254 g/mol. The van der Waals surface area contributed by atoms with E-state index in [-0.39, 0.29) is 0 Å². The van der Waals surface area contributed by atoms with Crippen molar-refractivity contribution in [3.8, 4) is 0 Å². The minimum absolute atomic E-state index is 0.810. The van der Waals surface area contributed by atoms with Gasteiger partial charge < -0.3 is 4.43 Å². The van der Waals surface area contributed by atoms with Crippen molar-refractivity contribution in [2.24, 2.45) is 0 Å². The summed E-state index contributed by atoms with van der Waals surface area (Å²) in [6, 6.07) is 21.0. The summed E-state index contributed by atoms with van der Waals surface area (Å²) in [5.74, 6) is 0. The van der Waals surface area contributed by atoms with Crippen LogP contribution in [0.1, 0.15) is 17.5 Å². The molecule has 18 heavy (non-hydrogen) atoms. The summed E-state index contributed by atoms with van der Waals surface area (Å²) >= 11 is 0. The predicted molar refractivity (Wildman–Crippen MR) is 80.5 cm³/mol. The van der Waals surface area contributed by atoms with Gasteiger partial charge in [0.2, 0.25) is 0 Å². The maximum absolute atomic E-state index is 5.26. The summed E-state index contributed by atoms with van der Waals surface area (Å²) in [6.45, 7) is 0.815. The maximum atomic E-state index is 5.26. The molecule has 0 unspecified atom stereocenters. The molecule has 0 aliphatic heterocycles. The first-order valence-electron chi connectivity index (χ1n) is 6.22. The van der Waals surface area contributed by atoms with E-state index < -0.39 is 0 Å². The Hall–Kier alpha value is -1.64. The minimum atomic E-state index is 0.810. The van der Waals surface area contributed by atoms with Crippen LogP contribution >= 0.6 is 0 Å². The Morgan fingerprint density at radius 2 is 1.39 bits per heavy atom. The van der Waals surface area contributed by atoms with Crippen molar-refractivity contribution in [3.63, 3.8) is 0 Å². The van der Waals surface area contributed by atoms with E-state index in [4.69, 9.17) is 4.43 Å². The van der Waals surface area contributed by atoms with Crippen LogP contribution in [0.3, 0.4) is 0 Å². The van der Waals surface area contributed by atoms with Gasteiger partial charge in [0.1, 0.15) is 10.5 Å². The van der Waals surface area contributed by atoms with Crippen molar-refractivity contribution < 1.29 is 4.43 Å². The van der Waals surface area contributed by atoms with E-state index in [0.717, 1.165) is 23.5 Å². The molecular weight excluding hydrogens is 236 g/mol. The first kappa shape index (κ1) is 12.8. The maximum Gasteiger partial charge on any atom is 0.145 e. The molecule has 0 heterocycles. The summed E-state index contributed by atoms with van der Waals surface area (Å²) in [5.41, 5.74) is 3.81. The van der Waals surface area contributed by atoms with Crippen molar-refractivity contribution in [1.29, 1.82) is 0 Å². The fraction of sp³-hybridized carbons (Fsp3) is 0.125. The second-order valence-electron chi connectivity index (χ2n) is 4.13. The molecule has 0 amide bonds. The van der Waals surface area contributed by atoms with Gasteiger partial charge in [-0.2, -0.15) is 0 Å². The lowest BCUT2D eigenvalue weighted by molar-refractivity contribution is 0.358. The molecule has 0 bridgehead atoms. The van der Waals surface area contributed by atoms with E-state index in [1.807, 2.05) is 12.1 Å². The van der Waals surface area contributed by atoms with Crippen molar-refractivity contribution in [3.05, 3.63) is 77.9 Å². The van der Waals surface area contributed by atoms with Gasteiger partial charge >= 0.3 is 0 Å². The van der Waals surface area contributed by atoms with E-state index in [2.05, 4.69) is 54.6 Å². The van der Waals surface area contributed by atoms with Gasteiger partial charge in [0, 0.05) is 6.61 Å². The van der Waals surface area contributed by atoms with Crippen molar-refractivity contribution in [2.75, 3.05) is 6.61 Å². The van der Waals surface area contributed by atoms with Crippen LogP contribution in [0.25, 0.3) is 5.57 Å². The van der Waals surface area contributed by atoms with E-state index >= 15 is 0 Å². The Kier molecular flexibility index (Phi) is 4.94. The van der Waals surface area contributed by atoms with Gasteiger partial charge in [0.25, 0.3) is 0 Å². The molecule has 0 fully saturated rings. The molecule has 92 valence electrons. The van der Waals surface area contributed by atoms with Crippen LogP contribution in [0.4, 0.5) is 0 Å². The van der Waals surface area contributed by atoms with Gasteiger partial charge in [-0.3, -0.25) is 0 Å². The highest BCUT2D eigenvalue weighted by molar-refractivity contribution is 5.97. The summed E-state index contributed by atoms with van der Waals surface area (Å²) in [6.07, 6.45) is 3.23. The number of benzene rings is 2. The minimum Gasteiger partial charge on any atom is -0.428 e. The first-order valence-corrected chi connectivity index (χ1v) is 7.03. The Balaban J connectivity index is 2.33. The molecular formula is C16H18OSi. The molecule has 0 aliphatic carbocycles. The van der Waals surface area contributed by atoms with E-state index in [1.54, 1.807) is 0 Å². The second kappa shape index (κ2) is 6.94. The average Bonchev–Trinajstić information content (AvgIpc) is 2.46. The fourth-order valence-corrected chi connectivity index (χ4v) is 2.19. The normalized spacial score (nSPS) is 10.2. The monoisotopic (exact) mass is 254 g/mol. The molecule has 0 aromatic heterocycles. The predicted octanol–water partition coefficient (Wildman–Crippen LogP) is 2.81. The van der Waals surface area contributed by atoms with Gasteiger partial charge in [0.05, 0.1) is 0 Å². The topological polar surface area (TPSA) is 9.23 Å². The third-order valence-electron chi connectivity index (χ3n) is 2.84. The molecule has 0 atom stereocenters. The zero-order valence-electron chi connectivity index (χ0n) is 10.7. The molecule has 0 aliphatic rings. The summed E-state index contributed by atoms with van der Waals surface area (Å²) < 4.78 is 5.26. The standard InChI is InChI=1S/C16H18OSi/c18-17-13-7-12-16(14-8-3-1-4-9-14)15-10-5-2-6-11-15/h1-6,8-12H,7,13H2,18H3. The molecule has 0 saturated carbocycles. The van der Waals surface area contributed by atoms with Crippen molar-refractivity contribution in [2.45, 2.75) is 6.42 Å². The Morgan fingerprint density at radius 3 is 1.83 bits per heavy atom. The third kappa shape index (κ3) is 3.42. The van der Waals surface area contributed by atoms with E-state index in [0.29, 0.717) is 0 Å². The van der Waals surface area contributed by atoms with Crippen LogP contribution in [0.15, 0.2) is 66.7 Å². The Bertz CT molecular complexity index is 450. The smallest absolute Gasteiger partial charge is 0.145 e. The van der Waals surface area contributed by atoms with Gasteiger partial charge in [-0.15, -0.1) is 0 Å². The van der Waals surface area contributed by atoms with Crippen molar-refractivity contribution in [1.82, 2.24) is 0 Å². The first-order chi connectivity index (χ1) is 8.92. The van der Waals surface area contributed by atoms with Crippen molar-refractivity contribution >= 4 is 16.1 Å². The highest BCUT2D eigenvalue weighted by atomic mass is 28.2. The third-order valence-corrected chi connectivity index (χ3v) is 3.25. The fourth-order valence-electron chi connectivity index (χ4n) is 1.96. The SMILES string of the molecule is [SiH3]OCCC=C(c1ccccc1)c1ccccc1. The molecule has 1 nitrogen and oxygen atoms in total. The molecule has 0 N–H and O–H groups in total. The van der Waals surface area contributed by atoms with Crippen LogP contribution in [0.5, 0.6) is 0 Å². The number of rotatable bonds is 5. The van der Waals surface area contributed by atoms with E-state index in [9.17, 15) is 0 Å². The summed E-state index contributed by atoms with van der Waals surface area (Å²) in [5, 5.41) is 0. The molecule has 2 aromatic rings. The number of hydrogen-bond donors (Lipinski definition) is 0. The highest BCUT2D eigenvalue weighted by Crippen LogP contribution is 2.23. The lowest BCUT2D eigenvalue weighted by Crippen LogP contribution is -1.91. The van der Waals surface area contributed by atoms with Gasteiger partial charge in [0.15, 0.2) is 0 Å². The lowest BCUT2D eigenvalue weighted by atomic mass is 9.97. The molecule has 2 aromatic carbocycles. The molecule has 2 heteroatoms. The Labute approximate surface area is 112 Å². The highest BCUT2D eigenvalue weighted by Gasteiger charge is 2.03. The summed E-state index contributed by atoms with van der Waals surface area (Å²) in [7, 11) is 0.810. The molecule has 0 spiro atoms. The van der Waals surface area contributed by atoms with Gasteiger partial charge in [-0.25, -0.2) is 0 Å². The van der Waals surface area contributed by atoms with Crippen LogP contribution in [-0.4, -0.2) is 17.1 Å². The van der Waals surface area contributed by atoms with Gasteiger partial charge in [-0.05, 0) is 23.1 Å². The second-order valence-corrected chi connectivity index (χ2v) is 4.71. The summed E-state index contributed by atoms with van der Waals surface area (Å²) in [4.78, 5) is 0. The molecule has 2 rings (SSSR count). The molecule has 0 saturated heterocycles.